The first kappa shape index (κ1) is 7.88. The van der Waals surface area contributed by atoms with Crippen LogP contribution in [0.4, 0.5) is 0 Å². The number of aromatic nitrogens is 4. The number of nitrogens with one attached hydrogen (secondary N) is 1. The van der Waals surface area contributed by atoms with Gasteiger partial charge < -0.3 is 0 Å². The molecule has 2 rings (SSSR count). The molecular formula is C6H5BrN4S. The lowest BCUT2D eigenvalue weighted by Gasteiger charge is -1.89. The van der Waals surface area contributed by atoms with Crippen molar-refractivity contribution in [3.8, 4) is 10.7 Å². The first-order valence-corrected chi connectivity index (χ1v) is 4.93. The lowest BCUT2D eigenvalue weighted by atomic mass is 10.3. The summed E-state index contributed by atoms with van der Waals surface area (Å²) in [6, 6.07) is 0. The fraction of sp³-hybridized carbons (Fsp3) is 0.167. The zero-order valence-electron chi connectivity index (χ0n) is 6.21. The predicted octanol–water partition coefficient (Wildman–Crippen LogP) is 2.00. The van der Waals surface area contributed by atoms with Crippen LogP contribution in [-0.4, -0.2) is 20.6 Å². The topological polar surface area (TPSA) is 54.5 Å². The molecule has 0 amide bonds. The van der Waals surface area contributed by atoms with Gasteiger partial charge in [0.15, 0.2) is 0 Å². The van der Waals surface area contributed by atoms with Gasteiger partial charge in [0, 0.05) is 9.85 Å². The molecule has 2 aromatic rings. The van der Waals surface area contributed by atoms with Crippen LogP contribution in [0.25, 0.3) is 10.7 Å². The average Bonchev–Trinajstić information content (AvgIpc) is 2.64. The lowest BCUT2D eigenvalue weighted by Crippen LogP contribution is -1.78. The number of tetrazole rings is 1. The molecule has 2 heterocycles. The van der Waals surface area contributed by atoms with Crippen LogP contribution in [0.15, 0.2) is 9.85 Å². The number of thiophene rings is 1. The summed E-state index contributed by atoms with van der Waals surface area (Å²) in [5, 5.41) is 15.8. The summed E-state index contributed by atoms with van der Waals surface area (Å²) < 4.78 is 1.09. The Bertz CT molecular complexity index is 380. The Hall–Kier alpha value is -0.750. The van der Waals surface area contributed by atoms with E-state index < -0.39 is 0 Å². The molecule has 0 aliphatic carbocycles. The van der Waals surface area contributed by atoms with Crippen LogP contribution in [-0.2, 0) is 0 Å². The zero-order valence-corrected chi connectivity index (χ0v) is 8.61. The van der Waals surface area contributed by atoms with Crippen LogP contribution in [0.5, 0.6) is 0 Å². The van der Waals surface area contributed by atoms with E-state index in [0.717, 1.165) is 14.9 Å². The standard InChI is InChI=1S/C6H5BrN4S/c1-3-4(7)2-12-5(3)6-8-10-11-9-6/h2H,1H3,(H,8,9,10,11). The second-order valence-electron chi connectivity index (χ2n) is 2.27. The van der Waals surface area contributed by atoms with Crippen molar-refractivity contribution < 1.29 is 0 Å². The molecular weight excluding hydrogens is 240 g/mol. The highest BCUT2D eigenvalue weighted by atomic mass is 79.9. The van der Waals surface area contributed by atoms with Crippen molar-refractivity contribution in [3.63, 3.8) is 0 Å². The van der Waals surface area contributed by atoms with Gasteiger partial charge in [0.05, 0.1) is 4.88 Å². The largest absolute Gasteiger partial charge is 0.214 e. The van der Waals surface area contributed by atoms with Crippen LogP contribution in [0.3, 0.4) is 0 Å². The normalized spacial score (nSPS) is 10.5. The van der Waals surface area contributed by atoms with Crippen molar-refractivity contribution >= 4 is 27.3 Å². The van der Waals surface area contributed by atoms with Crippen molar-refractivity contribution in [1.29, 1.82) is 0 Å². The molecule has 0 radical (unpaired) electrons. The molecule has 62 valence electrons. The first-order valence-electron chi connectivity index (χ1n) is 3.26. The Morgan fingerprint density at radius 3 is 2.92 bits per heavy atom. The highest BCUT2D eigenvalue weighted by molar-refractivity contribution is 9.10. The minimum absolute atomic E-state index is 0.656. The molecule has 0 spiro atoms. The highest BCUT2D eigenvalue weighted by Gasteiger charge is 2.10. The van der Waals surface area contributed by atoms with E-state index in [4.69, 9.17) is 0 Å². The number of halogens is 1. The second kappa shape index (κ2) is 2.95. The molecule has 0 aliphatic heterocycles. The Labute approximate surface area is 81.1 Å². The fourth-order valence-corrected chi connectivity index (χ4v) is 2.36. The Morgan fingerprint density at radius 2 is 2.42 bits per heavy atom. The van der Waals surface area contributed by atoms with Gasteiger partial charge in [-0.05, 0) is 33.6 Å². The molecule has 0 bridgehead atoms. The predicted molar refractivity (Wildman–Crippen MR) is 49.9 cm³/mol. The van der Waals surface area contributed by atoms with Gasteiger partial charge >= 0.3 is 0 Å². The summed E-state index contributed by atoms with van der Waals surface area (Å²) in [6.45, 7) is 2.02. The molecule has 2 aromatic heterocycles. The molecule has 0 unspecified atom stereocenters. The Morgan fingerprint density at radius 1 is 1.58 bits per heavy atom. The van der Waals surface area contributed by atoms with Crippen LogP contribution >= 0.6 is 27.3 Å². The summed E-state index contributed by atoms with van der Waals surface area (Å²) in [6.07, 6.45) is 0. The third-order valence-corrected chi connectivity index (χ3v) is 3.73. The van der Waals surface area contributed by atoms with Gasteiger partial charge in [0.25, 0.3) is 0 Å². The molecule has 0 atom stereocenters. The molecule has 0 aliphatic rings. The first-order chi connectivity index (χ1) is 5.79. The van der Waals surface area contributed by atoms with Gasteiger partial charge in [-0.3, -0.25) is 0 Å². The van der Waals surface area contributed by atoms with Crippen molar-refractivity contribution in [2.24, 2.45) is 0 Å². The van der Waals surface area contributed by atoms with Gasteiger partial charge in [-0.2, -0.15) is 5.21 Å². The van der Waals surface area contributed by atoms with E-state index >= 15 is 0 Å². The van der Waals surface area contributed by atoms with Gasteiger partial charge in [0.2, 0.25) is 5.82 Å². The van der Waals surface area contributed by atoms with Crippen molar-refractivity contribution in [3.05, 3.63) is 15.4 Å². The van der Waals surface area contributed by atoms with Gasteiger partial charge in [-0.1, -0.05) is 0 Å². The summed E-state index contributed by atoms with van der Waals surface area (Å²) in [4.78, 5) is 1.05. The third kappa shape index (κ3) is 1.16. The number of rotatable bonds is 1. The van der Waals surface area contributed by atoms with Crippen LogP contribution < -0.4 is 0 Å². The van der Waals surface area contributed by atoms with Crippen molar-refractivity contribution in [1.82, 2.24) is 20.6 Å². The maximum atomic E-state index is 3.90. The average molecular weight is 245 g/mol. The second-order valence-corrected chi connectivity index (χ2v) is 4.01. The maximum Gasteiger partial charge on any atom is 0.214 e. The number of H-pyrrole nitrogens is 1. The fourth-order valence-electron chi connectivity index (χ4n) is 0.874. The molecule has 6 heteroatoms. The number of hydrogen-bond donors (Lipinski definition) is 1. The van der Waals surface area contributed by atoms with Crippen LogP contribution in [0, 0.1) is 6.92 Å². The van der Waals surface area contributed by atoms with Gasteiger partial charge in [-0.15, -0.1) is 21.5 Å². The van der Waals surface area contributed by atoms with Gasteiger partial charge in [0.1, 0.15) is 0 Å². The quantitative estimate of drug-likeness (QED) is 0.835. The van der Waals surface area contributed by atoms with E-state index in [0.29, 0.717) is 5.82 Å². The molecule has 0 saturated carbocycles. The number of aromatic amines is 1. The monoisotopic (exact) mass is 244 g/mol. The zero-order chi connectivity index (χ0) is 8.55. The van der Waals surface area contributed by atoms with E-state index in [9.17, 15) is 0 Å². The highest BCUT2D eigenvalue weighted by Crippen LogP contribution is 2.32. The van der Waals surface area contributed by atoms with Crippen molar-refractivity contribution in [2.45, 2.75) is 6.92 Å². The van der Waals surface area contributed by atoms with E-state index in [-0.39, 0.29) is 0 Å². The summed E-state index contributed by atoms with van der Waals surface area (Å²) in [5.41, 5.74) is 1.15. The summed E-state index contributed by atoms with van der Waals surface area (Å²) >= 11 is 5.03. The van der Waals surface area contributed by atoms with E-state index in [1.165, 1.54) is 0 Å². The molecule has 0 aromatic carbocycles. The molecule has 12 heavy (non-hydrogen) atoms. The number of hydrogen-bond acceptors (Lipinski definition) is 4. The van der Waals surface area contributed by atoms with Gasteiger partial charge in [-0.25, -0.2) is 0 Å². The lowest BCUT2D eigenvalue weighted by molar-refractivity contribution is 0.881. The van der Waals surface area contributed by atoms with Crippen molar-refractivity contribution in [2.75, 3.05) is 0 Å². The maximum absolute atomic E-state index is 3.90. The molecule has 4 nitrogen and oxygen atoms in total. The molecule has 1 N–H and O–H groups in total. The van der Waals surface area contributed by atoms with E-state index in [1.807, 2.05) is 12.3 Å². The van der Waals surface area contributed by atoms with E-state index in [2.05, 4.69) is 36.6 Å². The summed E-state index contributed by atoms with van der Waals surface area (Å²) in [7, 11) is 0. The smallest absolute Gasteiger partial charge is 0.177 e. The Kier molecular flexibility index (Phi) is 1.93. The van der Waals surface area contributed by atoms with Crippen LogP contribution in [0.2, 0.25) is 0 Å². The van der Waals surface area contributed by atoms with Crippen LogP contribution in [0.1, 0.15) is 5.56 Å². The summed E-state index contributed by atoms with van der Waals surface area (Å²) in [5.74, 6) is 0.656. The minimum Gasteiger partial charge on any atom is -0.177 e. The SMILES string of the molecule is Cc1c(Br)csc1-c1nn[nH]n1. The molecule has 0 saturated heterocycles. The van der Waals surface area contributed by atoms with E-state index in [1.54, 1.807) is 11.3 Å². The third-order valence-electron chi connectivity index (χ3n) is 1.53. The Balaban J connectivity index is 2.55. The number of nitrogens with zero attached hydrogens (tertiary/aromatic N) is 3. The minimum atomic E-state index is 0.656. The molecule has 0 fully saturated rings.